The van der Waals surface area contributed by atoms with Gasteiger partial charge in [-0.05, 0) is 73.2 Å². The smallest absolute Gasteiger partial charge is 0.338 e. The number of rotatable bonds is 8. The quantitative estimate of drug-likeness (QED) is 0.216. The highest BCUT2D eigenvalue weighted by atomic mass is 32.2. The molecule has 13 heteroatoms. The van der Waals surface area contributed by atoms with E-state index in [-0.39, 0.29) is 24.4 Å². The molecule has 4 aromatic rings. The summed E-state index contributed by atoms with van der Waals surface area (Å²) >= 11 is 1.97. The Morgan fingerprint density at radius 3 is 2.27 bits per heavy atom. The standard InChI is InChI=1S/C32H26FN3O7S2/c1-3-43-31(40)18-6-12-21(13-7-18)36-28(38)25-24(17-4-8-19(33)9-5-17)27-30(44-26(25)29(36)39)35(32(41)45-27)16-23(37)34-20-10-14-22(42-2)15-11-20/h4-15,24-26H,3,16H2,1-2H3,(H,34,37)/t24-,25+,26-/m0/s1. The van der Waals surface area contributed by atoms with Crippen LogP contribution in [0.2, 0.25) is 0 Å². The minimum absolute atomic E-state index is 0.202. The highest BCUT2D eigenvalue weighted by Gasteiger charge is 2.56. The maximum atomic E-state index is 14.0. The Balaban J connectivity index is 1.35. The topological polar surface area (TPSA) is 124 Å². The van der Waals surface area contributed by atoms with Gasteiger partial charge in [0.1, 0.15) is 23.4 Å². The summed E-state index contributed by atoms with van der Waals surface area (Å²) in [6.07, 6.45) is 0. The molecule has 230 valence electrons. The average molecular weight is 648 g/mol. The molecular formula is C32H26FN3O7S2. The highest BCUT2D eigenvalue weighted by molar-refractivity contribution is 8.00. The Morgan fingerprint density at radius 2 is 1.62 bits per heavy atom. The molecule has 0 aliphatic carbocycles. The second-order valence-corrected chi connectivity index (χ2v) is 12.4. The maximum absolute atomic E-state index is 14.0. The summed E-state index contributed by atoms with van der Waals surface area (Å²) in [7, 11) is 1.53. The van der Waals surface area contributed by atoms with Gasteiger partial charge in [0.15, 0.2) is 0 Å². The van der Waals surface area contributed by atoms with E-state index in [4.69, 9.17) is 9.47 Å². The van der Waals surface area contributed by atoms with Gasteiger partial charge in [-0.25, -0.2) is 14.1 Å². The minimum Gasteiger partial charge on any atom is -0.497 e. The van der Waals surface area contributed by atoms with Crippen LogP contribution in [0, 0.1) is 11.7 Å². The Hall–Kier alpha value is -4.75. The van der Waals surface area contributed by atoms with Crippen LogP contribution >= 0.6 is 23.1 Å². The number of hydrogen-bond donors (Lipinski definition) is 1. The molecule has 10 nitrogen and oxygen atoms in total. The van der Waals surface area contributed by atoms with Gasteiger partial charge in [0.2, 0.25) is 17.7 Å². The summed E-state index contributed by atoms with van der Waals surface area (Å²) in [6, 6.07) is 18.3. The Kier molecular flexibility index (Phi) is 8.30. The van der Waals surface area contributed by atoms with Gasteiger partial charge in [-0.15, -0.1) is 0 Å². The number of anilines is 2. The van der Waals surface area contributed by atoms with Crippen molar-refractivity contribution in [1.82, 2.24) is 4.57 Å². The number of aromatic nitrogens is 1. The van der Waals surface area contributed by atoms with Crippen molar-refractivity contribution in [3.8, 4) is 5.75 Å². The van der Waals surface area contributed by atoms with Crippen LogP contribution in [0.5, 0.6) is 5.75 Å². The highest BCUT2D eigenvalue weighted by Crippen LogP contribution is 2.53. The lowest BCUT2D eigenvalue weighted by Crippen LogP contribution is -2.33. The second-order valence-electron chi connectivity index (χ2n) is 10.3. The Labute approximate surface area is 264 Å². The number of hydrogen-bond acceptors (Lipinski definition) is 9. The number of thioether (sulfide) groups is 1. The fourth-order valence-electron chi connectivity index (χ4n) is 5.52. The third-order valence-electron chi connectivity index (χ3n) is 7.59. The van der Waals surface area contributed by atoms with Gasteiger partial charge >= 0.3 is 10.8 Å². The number of fused-ring (bicyclic) bond motifs is 2. The number of benzene rings is 3. The van der Waals surface area contributed by atoms with E-state index in [1.807, 2.05) is 0 Å². The van der Waals surface area contributed by atoms with Crippen LogP contribution < -0.4 is 19.8 Å². The predicted molar refractivity (Wildman–Crippen MR) is 166 cm³/mol. The molecule has 6 rings (SSSR count). The van der Waals surface area contributed by atoms with Crippen LogP contribution in [0.4, 0.5) is 15.8 Å². The third-order valence-corrected chi connectivity index (χ3v) is 10.2. The van der Waals surface area contributed by atoms with Crippen LogP contribution in [0.3, 0.4) is 0 Å². The van der Waals surface area contributed by atoms with Gasteiger partial charge in [0.25, 0.3) is 0 Å². The molecule has 0 unspecified atom stereocenters. The maximum Gasteiger partial charge on any atom is 0.338 e. The molecule has 45 heavy (non-hydrogen) atoms. The summed E-state index contributed by atoms with van der Waals surface area (Å²) in [5.74, 6) is -3.45. The number of ether oxygens (including phenoxy) is 2. The van der Waals surface area contributed by atoms with Crippen molar-refractivity contribution in [3.05, 3.63) is 104 Å². The Morgan fingerprint density at radius 1 is 0.933 bits per heavy atom. The molecular weight excluding hydrogens is 621 g/mol. The summed E-state index contributed by atoms with van der Waals surface area (Å²) < 4.78 is 25.4. The molecule has 1 aromatic heterocycles. The van der Waals surface area contributed by atoms with E-state index in [2.05, 4.69) is 5.32 Å². The van der Waals surface area contributed by atoms with E-state index in [1.165, 1.54) is 60.2 Å². The summed E-state index contributed by atoms with van der Waals surface area (Å²) in [4.78, 5) is 67.6. The first-order valence-electron chi connectivity index (χ1n) is 13.9. The fourth-order valence-corrected chi connectivity index (χ4v) is 8.29. The lowest BCUT2D eigenvalue weighted by molar-refractivity contribution is -0.122. The largest absolute Gasteiger partial charge is 0.497 e. The molecule has 0 bridgehead atoms. The number of methoxy groups -OCH3 is 1. The van der Waals surface area contributed by atoms with E-state index < -0.39 is 51.5 Å². The first-order valence-corrected chi connectivity index (χ1v) is 15.6. The first kappa shape index (κ1) is 30.3. The summed E-state index contributed by atoms with van der Waals surface area (Å²) in [5.41, 5.74) is 1.63. The monoisotopic (exact) mass is 647 g/mol. The molecule has 2 aliphatic heterocycles. The molecule has 0 spiro atoms. The van der Waals surface area contributed by atoms with E-state index in [0.29, 0.717) is 26.9 Å². The van der Waals surface area contributed by atoms with E-state index >= 15 is 0 Å². The zero-order valence-electron chi connectivity index (χ0n) is 24.0. The SMILES string of the molecule is CCOC(=O)c1ccc(N2C(=O)[C@@H]3[C@H](c4ccc(F)cc4)c4sc(=O)n(CC(=O)Nc5ccc(OC)cc5)c4S[C@@H]3C2=O)cc1. The molecule has 1 fully saturated rings. The molecule has 0 radical (unpaired) electrons. The molecule has 2 aliphatic rings. The zero-order chi connectivity index (χ0) is 31.8. The normalized spacial score (nSPS) is 18.7. The van der Waals surface area contributed by atoms with Gasteiger partial charge in [0, 0.05) is 16.5 Å². The van der Waals surface area contributed by atoms with Crippen LogP contribution in [0.1, 0.15) is 33.6 Å². The number of esters is 1. The van der Waals surface area contributed by atoms with Crippen LogP contribution in [-0.2, 0) is 25.7 Å². The fraction of sp³-hybridized carbons (Fsp3) is 0.219. The molecule has 3 heterocycles. The van der Waals surface area contributed by atoms with Gasteiger partial charge in [0.05, 0.1) is 35.9 Å². The number of carbonyl (C=O) groups excluding carboxylic acids is 4. The van der Waals surface area contributed by atoms with Crippen molar-refractivity contribution in [1.29, 1.82) is 0 Å². The number of imide groups is 1. The van der Waals surface area contributed by atoms with Crippen molar-refractivity contribution < 1.29 is 33.0 Å². The number of nitrogens with zero attached hydrogens (tertiary/aromatic N) is 2. The number of amides is 3. The second kappa shape index (κ2) is 12.3. The number of nitrogens with one attached hydrogen (secondary N) is 1. The van der Waals surface area contributed by atoms with Crippen molar-refractivity contribution >= 4 is 58.2 Å². The van der Waals surface area contributed by atoms with Crippen LogP contribution in [0.25, 0.3) is 0 Å². The summed E-state index contributed by atoms with van der Waals surface area (Å²) in [5, 5.41) is 2.25. The lowest BCUT2D eigenvalue weighted by Gasteiger charge is -2.30. The van der Waals surface area contributed by atoms with Crippen LogP contribution in [0.15, 0.2) is 82.6 Å². The van der Waals surface area contributed by atoms with E-state index in [9.17, 15) is 28.4 Å². The molecule has 3 amide bonds. The van der Waals surface area contributed by atoms with Crippen molar-refractivity contribution in [2.24, 2.45) is 5.92 Å². The lowest BCUT2D eigenvalue weighted by atomic mass is 9.83. The molecule has 1 N–H and O–H groups in total. The van der Waals surface area contributed by atoms with E-state index in [1.54, 1.807) is 31.2 Å². The van der Waals surface area contributed by atoms with Crippen LogP contribution in [-0.4, -0.2) is 47.2 Å². The molecule has 0 saturated carbocycles. The zero-order valence-corrected chi connectivity index (χ0v) is 25.7. The van der Waals surface area contributed by atoms with Gasteiger partial charge in [-0.1, -0.05) is 35.2 Å². The number of carbonyl (C=O) groups is 4. The number of thiazole rings is 1. The van der Waals surface area contributed by atoms with Gasteiger partial charge < -0.3 is 14.8 Å². The molecule has 3 atom stereocenters. The minimum atomic E-state index is -0.922. The third kappa shape index (κ3) is 5.64. The average Bonchev–Trinajstić information content (AvgIpc) is 3.48. The van der Waals surface area contributed by atoms with Crippen molar-refractivity contribution in [2.75, 3.05) is 23.9 Å². The van der Waals surface area contributed by atoms with Gasteiger partial charge in [-0.3, -0.25) is 23.7 Å². The predicted octanol–water partition coefficient (Wildman–Crippen LogP) is 4.67. The Bertz CT molecular complexity index is 1850. The first-order chi connectivity index (χ1) is 21.7. The van der Waals surface area contributed by atoms with Gasteiger partial charge in [-0.2, -0.15) is 0 Å². The summed E-state index contributed by atoms with van der Waals surface area (Å²) in [6.45, 7) is 1.57. The van der Waals surface area contributed by atoms with E-state index in [0.717, 1.165) is 28.0 Å². The van der Waals surface area contributed by atoms with Crippen molar-refractivity contribution in [3.63, 3.8) is 0 Å². The van der Waals surface area contributed by atoms with Crippen molar-refractivity contribution in [2.45, 2.75) is 29.7 Å². The molecule has 1 saturated heterocycles. The number of halogens is 1. The molecule has 3 aromatic carbocycles.